The molecule has 2 amide bonds. The number of ether oxygens (including phenoxy) is 1. The van der Waals surface area contributed by atoms with Gasteiger partial charge in [0.05, 0.1) is 19.2 Å². The fourth-order valence-corrected chi connectivity index (χ4v) is 3.02. The molecule has 0 bridgehead atoms. The van der Waals surface area contributed by atoms with Crippen LogP contribution < -0.4 is 4.74 Å². The van der Waals surface area contributed by atoms with E-state index in [4.69, 9.17) is 4.74 Å². The molecular formula is C19H29N3O3. The predicted molar refractivity (Wildman–Crippen MR) is 97.5 cm³/mol. The highest BCUT2D eigenvalue weighted by atomic mass is 16.5. The number of likely N-dealkylation sites (tertiary alicyclic amines) is 1. The molecule has 0 aliphatic carbocycles. The number of rotatable bonds is 8. The van der Waals surface area contributed by atoms with Crippen molar-refractivity contribution in [2.75, 3.05) is 47.4 Å². The highest BCUT2D eigenvalue weighted by Crippen LogP contribution is 2.18. The standard InChI is InChI=1S/C19H29N3O3/c1-20(2)19(24)17-11-7-13-22(17)15-18(23)21(3)12-8-14-25-16-9-5-4-6-10-16/h4-6,9-10,17H,7-8,11-15H2,1-3H3. The number of benzene rings is 1. The average molecular weight is 347 g/mol. The van der Waals surface area contributed by atoms with Crippen LogP contribution in [0.4, 0.5) is 0 Å². The molecule has 25 heavy (non-hydrogen) atoms. The summed E-state index contributed by atoms with van der Waals surface area (Å²) in [6.45, 7) is 2.33. The predicted octanol–water partition coefficient (Wildman–Crippen LogP) is 1.47. The lowest BCUT2D eigenvalue weighted by Crippen LogP contribution is -2.47. The minimum atomic E-state index is -0.159. The average Bonchev–Trinajstić information content (AvgIpc) is 3.06. The first-order chi connectivity index (χ1) is 12.0. The highest BCUT2D eigenvalue weighted by molar-refractivity contribution is 5.83. The number of hydrogen-bond donors (Lipinski definition) is 0. The molecule has 6 nitrogen and oxygen atoms in total. The highest BCUT2D eigenvalue weighted by Gasteiger charge is 2.33. The van der Waals surface area contributed by atoms with Gasteiger partial charge in [0, 0.05) is 27.7 Å². The van der Waals surface area contributed by atoms with E-state index in [-0.39, 0.29) is 17.9 Å². The smallest absolute Gasteiger partial charge is 0.239 e. The van der Waals surface area contributed by atoms with Gasteiger partial charge in [-0.15, -0.1) is 0 Å². The third kappa shape index (κ3) is 5.74. The maximum atomic E-state index is 12.4. The van der Waals surface area contributed by atoms with Crippen LogP contribution in [0.2, 0.25) is 0 Å². The Kier molecular flexibility index (Phi) is 7.25. The maximum absolute atomic E-state index is 12.4. The second kappa shape index (κ2) is 9.42. The van der Waals surface area contributed by atoms with Gasteiger partial charge in [-0.2, -0.15) is 0 Å². The van der Waals surface area contributed by atoms with E-state index in [0.29, 0.717) is 19.7 Å². The van der Waals surface area contributed by atoms with E-state index in [1.165, 1.54) is 0 Å². The van der Waals surface area contributed by atoms with Crippen LogP contribution >= 0.6 is 0 Å². The molecule has 0 spiro atoms. The topological polar surface area (TPSA) is 53.1 Å². The van der Waals surface area contributed by atoms with Crippen LogP contribution in [0.25, 0.3) is 0 Å². The second-order valence-electron chi connectivity index (χ2n) is 6.69. The van der Waals surface area contributed by atoms with Crippen LogP contribution in [0.5, 0.6) is 5.75 Å². The quantitative estimate of drug-likeness (QED) is 0.668. The van der Waals surface area contributed by atoms with E-state index < -0.39 is 0 Å². The summed E-state index contributed by atoms with van der Waals surface area (Å²) >= 11 is 0. The first-order valence-corrected chi connectivity index (χ1v) is 8.86. The second-order valence-corrected chi connectivity index (χ2v) is 6.69. The summed E-state index contributed by atoms with van der Waals surface area (Å²) in [6, 6.07) is 9.51. The monoisotopic (exact) mass is 347 g/mol. The number of para-hydroxylation sites is 1. The Labute approximate surface area is 150 Å². The Balaban J connectivity index is 1.71. The Morgan fingerprint density at radius 2 is 1.92 bits per heavy atom. The van der Waals surface area contributed by atoms with Crippen molar-refractivity contribution in [3.8, 4) is 5.75 Å². The lowest BCUT2D eigenvalue weighted by molar-refractivity contribution is -0.136. The molecule has 138 valence electrons. The van der Waals surface area contributed by atoms with Crippen molar-refractivity contribution in [3.63, 3.8) is 0 Å². The van der Waals surface area contributed by atoms with Crippen molar-refractivity contribution < 1.29 is 14.3 Å². The molecule has 0 saturated carbocycles. The Bertz CT molecular complexity index is 562. The van der Waals surface area contributed by atoms with Gasteiger partial charge >= 0.3 is 0 Å². The molecule has 0 radical (unpaired) electrons. The third-order valence-corrected chi connectivity index (χ3v) is 4.50. The van der Waals surface area contributed by atoms with Crippen LogP contribution in [0.1, 0.15) is 19.3 Å². The molecule has 1 aromatic rings. The number of carbonyl (C=O) groups is 2. The van der Waals surface area contributed by atoms with Crippen molar-refractivity contribution in [2.24, 2.45) is 0 Å². The first kappa shape index (κ1) is 19.2. The normalized spacial score (nSPS) is 17.3. The van der Waals surface area contributed by atoms with Gasteiger partial charge < -0.3 is 14.5 Å². The third-order valence-electron chi connectivity index (χ3n) is 4.50. The van der Waals surface area contributed by atoms with Gasteiger partial charge in [-0.3, -0.25) is 14.5 Å². The minimum absolute atomic E-state index is 0.0539. The molecule has 1 heterocycles. The summed E-state index contributed by atoms with van der Waals surface area (Å²) in [5, 5.41) is 0. The summed E-state index contributed by atoms with van der Waals surface area (Å²) in [5.74, 6) is 0.987. The summed E-state index contributed by atoms with van der Waals surface area (Å²) in [4.78, 5) is 30.0. The van der Waals surface area contributed by atoms with Crippen LogP contribution in [-0.4, -0.2) is 79.9 Å². The van der Waals surface area contributed by atoms with Crippen molar-refractivity contribution in [1.82, 2.24) is 14.7 Å². The molecule has 0 N–H and O–H groups in total. The lowest BCUT2D eigenvalue weighted by Gasteiger charge is -2.27. The largest absolute Gasteiger partial charge is 0.494 e. The number of hydrogen-bond acceptors (Lipinski definition) is 4. The van der Waals surface area contributed by atoms with Crippen LogP contribution in [0.15, 0.2) is 30.3 Å². The Morgan fingerprint density at radius 3 is 2.60 bits per heavy atom. The van der Waals surface area contributed by atoms with Gasteiger partial charge in [-0.05, 0) is 37.9 Å². The molecule has 1 aliphatic heterocycles. The van der Waals surface area contributed by atoms with Crippen molar-refractivity contribution in [3.05, 3.63) is 30.3 Å². The summed E-state index contributed by atoms with van der Waals surface area (Å²) < 4.78 is 5.65. The van der Waals surface area contributed by atoms with E-state index in [1.807, 2.05) is 42.3 Å². The van der Waals surface area contributed by atoms with Crippen molar-refractivity contribution >= 4 is 11.8 Å². The zero-order valence-corrected chi connectivity index (χ0v) is 15.5. The van der Waals surface area contributed by atoms with Crippen molar-refractivity contribution in [2.45, 2.75) is 25.3 Å². The van der Waals surface area contributed by atoms with Gasteiger partial charge in [-0.25, -0.2) is 0 Å². The molecule has 1 fully saturated rings. The maximum Gasteiger partial charge on any atom is 0.239 e. The van der Waals surface area contributed by atoms with Gasteiger partial charge in [0.2, 0.25) is 11.8 Å². The summed E-state index contributed by atoms with van der Waals surface area (Å²) in [7, 11) is 5.34. The molecule has 1 saturated heterocycles. The lowest BCUT2D eigenvalue weighted by atomic mass is 10.2. The van der Waals surface area contributed by atoms with E-state index in [1.54, 1.807) is 23.9 Å². The molecule has 0 aromatic heterocycles. The van der Waals surface area contributed by atoms with Gasteiger partial charge in [0.1, 0.15) is 5.75 Å². The molecule has 1 aromatic carbocycles. The molecule has 1 atom stereocenters. The molecule has 1 unspecified atom stereocenters. The summed E-state index contributed by atoms with van der Waals surface area (Å²) in [5.41, 5.74) is 0. The van der Waals surface area contributed by atoms with E-state index >= 15 is 0 Å². The van der Waals surface area contributed by atoms with Crippen molar-refractivity contribution in [1.29, 1.82) is 0 Å². The SMILES string of the molecule is CN(C)C(=O)C1CCCN1CC(=O)N(C)CCCOc1ccccc1. The summed E-state index contributed by atoms with van der Waals surface area (Å²) in [6.07, 6.45) is 2.57. The van der Waals surface area contributed by atoms with E-state index in [9.17, 15) is 9.59 Å². The number of likely N-dealkylation sites (N-methyl/N-ethyl adjacent to an activating group) is 2. The number of amides is 2. The fraction of sp³-hybridized carbons (Fsp3) is 0.579. The van der Waals surface area contributed by atoms with Crippen LogP contribution in [0.3, 0.4) is 0 Å². The number of carbonyl (C=O) groups excluding carboxylic acids is 2. The number of nitrogens with zero attached hydrogens (tertiary/aromatic N) is 3. The van der Waals surface area contributed by atoms with Gasteiger partial charge in [0.25, 0.3) is 0 Å². The molecule has 6 heteroatoms. The van der Waals surface area contributed by atoms with Gasteiger partial charge in [0.15, 0.2) is 0 Å². The molecular weight excluding hydrogens is 318 g/mol. The van der Waals surface area contributed by atoms with E-state index in [0.717, 1.165) is 31.6 Å². The first-order valence-electron chi connectivity index (χ1n) is 8.86. The Morgan fingerprint density at radius 1 is 1.20 bits per heavy atom. The fourth-order valence-electron chi connectivity index (χ4n) is 3.02. The minimum Gasteiger partial charge on any atom is -0.494 e. The zero-order chi connectivity index (χ0) is 18.2. The van der Waals surface area contributed by atoms with E-state index in [2.05, 4.69) is 0 Å². The van der Waals surface area contributed by atoms with Gasteiger partial charge in [-0.1, -0.05) is 18.2 Å². The Hall–Kier alpha value is -2.08. The van der Waals surface area contributed by atoms with Crippen LogP contribution in [-0.2, 0) is 9.59 Å². The zero-order valence-electron chi connectivity index (χ0n) is 15.5. The molecule has 2 rings (SSSR count). The van der Waals surface area contributed by atoms with Crippen LogP contribution in [0, 0.1) is 0 Å². The molecule has 1 aliphatic rings.